The standard InChI is InChI=1S/C15H17Cl2NO/c1-18-8-6-10-12(17)4-5-14-15(10)11(9-18)13(19-14)3-2-7-16/h4-5H,2-3,6-9H2,1H3. The van der Waals surface area contributed by atoms with Crippen molar-refractivity contribution in [2.24, 2.45) is 0 Å². The first kappa shape index (κ1) is 13.3. The fraction of sp³-hybridized carbons (Fsp3) is 0.467. The molecule has 2 aromatic rings. The van der Waals surface area contributed by atoms with Crippen LogP contribution in [0.3, 0.4) is 0 Å². The molecule has 102 valence electrons. The molecule has 0 atom stereocenters. The molecule has 0 N–H and O–H groups in total. The second-order valence-corrected chi connectivity index (χ2v) is 5.97. The van der Waals surface area contributed by atoms with Crippen LogP contribution < -0.4 is 0 Å². The minimum atomic E-state index is 0.667. The summed E-state index contributed by atoms with van der Waals surface area (Å²) in [7, 11) is 2.14. The van der Waals surface area contributed by atoms with Crippen molar-refractivity contribution in [1.82, 2.24) is 4.90 Å². The van der Waals surface area contributed by atoms with Gasteiger partial charge in [-0.3, -0.25) is 0 Å². The Labute approximate surface area is 123 Å². The zero-order chi connectivity index (χ0) is 13.4. The lowest BCUT2D eigenvalue weighted by molar-refractivity contribution is 0.332. The lowest BCUT2D eigenvalue weighted by atomic mass is 10.0. The van der Waals surface area contributed by atoms with E-state index in [0.717, 1.165) is 48.7 Å². The molecule has 1 aliphatic rings. The van der Waals surface area contributed by atoms with Crippen LogP contribution >= 0.6 is 23.2 Å². The average Bonchev–Trinajstić information content (AvgIpc) is 2.62. The van der Waals surface area contributed by atoms with Crippen LogP contribution in [0.4, 0.5) is 0 Å². The van der Waals surface area contributed by atoms with E-state index in [1.165, 1.54) is 16.5 Å². The van der Waals surface area contributed by atoms with Crippen LogP contribution in [0.2, 0.25) is 5.02 Å². The molecular formula is C15H17Cl2NO. The molecule has 19 heavy (non-hydrogen) atoms. The highest BCUT2D eigenvalue weighted by Gasteiger charge is 2.22. The lowest BCUT2D eigenvalue weighted by Crippen LogP contribution is -2.19. The normalized spacial score (nSPS) is 15.9. The number of rotatable bonds is 3. The van der Waals surface area contributed by atoms with Gasteiger partial charge in [0.2, 0.25) is 0 Å². The third-order valence-electron chi connectivity index (χ3n) is 3.80. The second kappa shape index (κ2) is 5.35. The molecule has 0 amide bonds. The summed E-state index contributed by atoms with van der Waals surface area (Å²) in [6.45, 7) is 1.96. The van der Waals surface area contributed by atoms with E-state index >= 15 is 0 Å². The Hall–Kier alpha value is -0.700. The van der Waals surface area contributed by atoms with Gasteiger partial charge in [-0.2, -0.15) is 0 Å². The molecule has 0 spiro atoms. The van der Waals surface area contributed by atoms with Gasteiger partial charge in [0, 0.05) is 41.4 Å². The van der Waals surface area contributed by atoms with Crippen molar-refractivity contribution < 1.29 is 4.42 Å². The Balaban J connectivity index is 2.18. The topological polar surface area (TPSA) is 16.4 Å². The summed E-state index contributed by atoms with van der Waals surface area (Å²) in [6.07, 6.45) is 2.83. The molecule has 0 fully saturated rings. The predicted molar refractivity (Wildman–Crippen MR) is 80.3 cm³/mol. The maximum atomic E-state index is 6.36. The zero-order valence-corrected chi connectivity index (χ0v) is 12.5. The Kier molecular flexibility index (Phi) is 3.75. The number of furan rings is 1. The molecular weight excluding hydrogens is 281 g/mol. The smallest absolute Gasteiger partial charge is 0.135 e. The van der Waals surface area contributed by atoms with Crippen LogP contribution in [0, 0.1) is 0 Å². The number of hydrogen-bond acceptors (Lipinski definition) is 2. The molecule has 1 aromatic heterocycles. The number of nitrogens with zero attached hydrogens (tertiary/aromatic N) is 1. The SMILES string of the molecule is CN1CCc2c(Cl)ccc3oc(CCCCl)c(c23)C1. The van der Waals surface area contributed by atoms with E-state index in [9.17, 15) is 0 Å². The summed E-state index contributed by atoms with van der Waals surface area (Å²) < 4.78 is 6.03. The Bertz CT molecular complexity index is 606. The minimum absolute atomic E-state index is 0.667. The van der Waals surface area contributed by atoms with Crippen molar-refractivity contribution in [2.45, 2.75) is 25.8 Å². The fourth-order valence-electron chi connectivity index (χ4n) is 2.84. The van der Waals surface area contributed by atoms with Crippen molar-refractivity contribution in [2.75, 3.05) is 19.5 Å². The highest BCUT2D eigenvalue weighted by atomic mass is 35.5. The summed E-state index contributed by atoms with van der Waals surface area (Å²) in [4.78, 5) is 2.32. The molecule has 0 aliphatic carbocycles. The van der Waals surface area contributed by atoms with E-state index in [-0.39, 0.29) is 0 Å². The summed E-state index contributed by atoms with van der Waals surface area (Å²) in [6, 6.07) is 3.93. The fourth-order valence-corrected chi connectivity index (χ4v) is 3.23. The van der Waals surface area contributed by atoms with Gasteiger partial charge in [-0.15, -0.1) is 11.6 Å². The summed E-state index contributed by atoms with van der Waals surface area (Å²) in [5.74, 6) is 1.74. The zero-order valence-electron chi connectivity index (χ0n) is 11.0. The van der Waals surface area contributed by atoms with E-state index in [0.29, 0.717) is 5.88 Å². The Morgan fingerprint density at radius 2 is 2.16 bits per heavy atom. The maximum Gasteiger partial charge on any atom is 0.135 e. The maximum absolute atomic E-state index is 6.36. The number of benzene rings is 1. The highest BCUT2D eigenvalue weighted by molar-refractivity contribution is 6.32. The summed E-state index contributed by atoms with van der Waals surface area (Å²) in [5, 5.41) is 2.09. The van der Waals surface area contributed by atoms with E-state index in [2.05, 4.69) is 11.9 Å². The molecule has 4 heteroatoms. The lowest BCUT2D eigenvalue weighted by Gasteiger charge is -2.13. The molecule has 3 rings (SSSR count). The molecule has 0 radical (unpaired) electrons. The first-order chi connectivity index (χ1) is 9.20. The van der Waals surface area contributed by atoms with Gasteiger partial charge >= 0.3 is 0 Å². The van der Waals surface area contributed by atoms with E-state index < -0.39 is 0 Å². The van der Waals surface area contributed by atoms with Crippen LogP contribution in [-0.2, 0) is 19.4 Å². The van der Waals surface area contributed by atoms with Gasteiger partial charge < -0.3 is 9.32 Å². The molecule has 0 bridgehead atoms. The van der Waals surface area contributed by atoms with Gasteiger partial charge in [0.1, 0.15) is 11.3 Å². The van der Waals surface area contributed by atoms with Gasteiger partial charge in [-0.05, 0) is 37.6 Å². The van der Waals surface area contributed by atoms with Gasteiger partial charge in [-0.1, -0.05) is 11.6 Å². The van der Waals surface area contributed by atoms with Crippen LogP contribution in [0.25, 0.3) is 11.0 Å². The van der Waals surface area contributed by atoms with E-state index in [1.807, 2.05) is 12.1 Å². The van der Waals surface area contributed by atoms with Crippen LogP contribution in [-0.4, -0.2) is 24.4 Å². The van der Waals surface area contributed by atoms with Gasteiger partial charge in [0.15, 0.2) is 0 Å². The van der Waals surface area contributed by atoms with E-state index in [1.54, 1.807) is 0 Å². The first-order valence-corrected chi connectivity index (χ1v) is 7.58. The third-order valence-corrected chi connectivity index (χ3v) is 4.42. The number of aryl methyl sites for hydroxylation is 1. The highest BCUT2D eigenvalue weighted by Crippen LogP contribution is 2.36. The molecule has 0 unspecified atom stereocenters. The molecule has 1 aromatic carbocycles. The largest absolute Gasteiger partial charge is 0.461 e. The quantitative estimate of drug-likeness (QED) is 0.788. The van der Waals surface area contributed by atoms with Crippen molar-refractivity contribution in [3.63, 3.8) is 0 Å². The van der Waals surface area contributed by atoms with Crippen LogP contribution in [0.15, 0.2) is 16.5 Å². The second-order valence-electron chi connectivity index (χ2n) is 5.18. The monoisotopic (exact) mass is 297 g/mol. The molecule has 0 saturated carbocycles. The molecule has 1 aliphatic heterocycles. The third kappa shape index (κ3) is 2.37. The first-order valence-electron chi connectivity index (χ1n) is 6.67. The van der Waals surface area contributed by atoms with Crippen molar-refractivity contribution >= 4 is 34.2 Å². The minimum Gasteiger partial charge on any atom is -0.461 e. The Morgan fingerprint density at radius 3 is 2.95 bits per heavy atom. The molecule has 2 nitrogen and oxygen atoms in total. The van der Waals surface area contributed by atoms with Crippen molar-refractivity contribution in [3.8, 4) is 0 Å². The van der Waals surface area contributed by atoms with Gasteiger partial charge in [0.05, 0.1) is 0 Å². The number of halogens is 2. The molecule has 0 saturated heterocycles. The van der Waals surface area contributed by atoms with Gasteiger partial charge in [-0.25, -0.2) is 0 Å². The van der Waals surface area contributed by atoms with Crippen LogP contribution in [0.5, 0.6) is 0 Å². The van der Waals surface area contributed by atoms with Crippen molar-refractivity contribution in [1.29, 1.82) is 0 Å². The predicted octanol–water partition coefficient (Wildman–Crippen LogP) is 4.25. The number of likely N-dealkylation sites (N-methyl/N-ethyl adjacent to an activating group) is 1. The molecule has 2 heterocycles. The number of hydrogen-bond donors (Lipinski definition) is 0. The Morgan fingerprint density at radius 1 is 1.32 bits per heavy atom. The number of alkyl halides is 1. The summed E-state index contributed by atoms with van der Waals surface area (Å²) in [5.41, 5.74) is 3.51. The van der Waals surface area contributed by atoms with Crippen LogP contribution in [0.1, 0.15) is 23.3 Å². The van der Waals surface area contributed by atoms with E-state index in [4.69, 9.17) is 27.6 Å². The van der Waals surface area contributed by atoms with Gasteiger partial charge in [0.25, 0.3) is 0 Å². The average molecular weight is 298 g/mol. The summed E-state index contributed by atoms with van der Waals surface area (Å²) >= 11 is 12.2. The van der Waals surface area contributed by atoms with Crippen molar-refractivity contribution in [3.05, 3.63) is 34.0 Å².